The van der Waals surface area contributed by atoms with Crippen LogP contribution in [0.4, 0.5) is 5.69 Å². The highest BCUT2D eigenvalue weighted by molar-refractivity contribution is 6.21. The Bertz CT molecular complexity index is 780. The van der Waals surface area contributed by atoms with Gasteiger partial charge in [0, 0.05) is 17.3 Å². The zero-order valence-corrected chi connectivity index (χ0v) is 12.0. The van der Waals surface area contributed by atoms with E-state index in [2.05, 4.69) is 0 Å². The molecule has 0 atom stereocenters. The predicted molar refractivity (Wildman–Crippen MR) is 83.7 cm³/mol. The maximum absolute atomic E-state index is 11.6. The zero-order chi connectivity index (χ0) is 15.7. The van der Waals surface area contributed by atoms with Crippen LogP contribution in [0, 0.1) is 6.92 Å². The third-order valence-electron chi connectivity index (χ3n) is 3.54. The zero-order valence-electron chi connectivity index (χ0n) is 12.0. The van der Waals surface area contributed by atoms with Gasteiger partial charge in [0.05, 0.1) is 5.57 Å². The van der Waals surface area contributed by atoms with Crippen LogP contribution in [0.15, 0.2) is 36.4 Å². The van der Waals surface area contributed by atoms with Gasteiger partial charge >= 0.3 is 5.97 Å². The lowest BCUT2D eigenvalue weighted by molar-refractivity contribution is -0.130. The van der Waals surface area contributed by atoms with Crippen molar-refractivity contribution in [1.29, 1.82) is 0 Å². The molecule has 0 saturated carbocycles. The molecule has 0 radical (unpaired) electrons. The number of aryl methyl sites for hydroxylation is 1. The highest BCUT2D eigenvalue weighted by atomic mass is 16.7. The van der Waals surface area contributed by atoms with Crippen molar-refractivity contribution in [3.63, 3.8) is 0 Å². The molecule has 0 amide bonds. The molecule has 2 aromatic rings. The molecule has 3 N–H and O–H groups in total. The maximum atomic E-state index is 11.6. The van der Waals surface area contributed by atoms with Crippen molar-refractivity contribution >= 4 is 23.3 Å². The van der Waals surface area contributed by atoms with Crippen LogP contribution in [0.5, 0.6) is 11.5 Å². The highest BCUT2D eigenvalue weighted by Gasteiger charge is 2.18. The lowest BCUT2D eigenvalue weighted by atomic mass is 9.98. The number of rotatable bonds is 3. The van der Waals surface area contributed by atoms with Crippen LogP contribution in [-0.4, -0.2) is 17.9 Å². The van der Waals surface area contributed by atoms with Gasteiger partial charge in [0.15, 0.2) is 11.5 Å². The molecular formula is C17H15NO4. The number of aliphatic carboxylic acids is 1. The Kier molecular flexibility index (Phi) is 3.47. The molecule has 112 valence electrons. The molecule has 0 aromatic heterocycles. The minimum Gasteiger partial charge on any atom is -0.478 e. The van der Waals surface area contributed by atoms with E-state index in [1.54, 1.807) is 24.3 Å². The van der Waals surface area contributed by atoms with E-state index >= 15 is 0 Å². The summed E-state index contributed by atoms with van der Waals surface area (Å²) in [5.74, 6) is 0.128. The SMILES string of the molecule is Cc1ccccc1/C(=C/c1cc2c(cc1N)OCO2)C(=O)O. The summed E-state index contributed by atoms with van der Waals surface area (Å²) in [6.07, 6.45) is 1.56. The number of carbonyl (C=O) groups is 1. The second kappa shape index (κ2) is 5.44. The molecular weight excluding hydrogens is 282 g/mol. The fraction of sp³-hybridized carbons (Fsp3) is 0.118. The number of ether oxygens (including phenoxy) is 2. The van der Waals surface area contributed by atoms with Crippen LogP contribution in [0.3, 0.4) is 0 Å². The molecule has 1 aliphatic heterocycles. The van der Waals surface area contributed by atoms with Crippen LogP contribution in [0.1, 0.15) is 16.7 Å². The fourth-order valence-corrected chi connectivity index (χ4v) is 2.38. The van der Waals surface area contributed by atoms with Crippen LogP contribution < -0.4 is 15.2 Å². The topological polar surface area (TPSA) is 81.8 Å². The van der Waals surface area contributed by atoms with Gasteiger partial charge in [-0.1, -0.05) is 24.3 Å². The van der Waals surface area contributed by atoms with E-state index in [9.17, 15) is 9.90 Å². The smallest absolute Gasteiger partial charge is 0.336 e. The monoisotopic (exact) mass is 297 g/mol. The van der Waals surface area contributed by atoms with Crippen LogP contribution in [0.25, 0.3) is 11.6 Å². The van der Waals surface area contributed by atoms with E-state index in [1.165, 1.54) is 0 Å². The van der Waals surface area contributed by atoms with E-state index in [-0.39, 0.29) is 12.4 Å². The first-order valence-electron chi connectivity index (χ1n) is 6.76. The molecule has 0 bridgehead atoms. The lowest BCUT2D eigenvalue weighted by Gasteiger charge is -2.08. The molecule has 3 rings (SSSR count). The third kappa shape index (κ3) is 2.48. The molecule has 0 fully saturated rings. The molecule has 0 aliphatic carbocycles. The fourth-order valence-electron chi connectivity index (χ4n) is 2.38. The third-order valence-corrected chi connectivity index (χ3v) is 3.54. The van der Waals surface area contributed by atoms with Crippen molar-refractivity contribution in [2.24, 2.45) is 0 Å². The number of carboxylic acid groups (broad SMARTS) is 1. The van der Waals surface area contributed by atoms with Gasteiger partial charge < -0.3 is 20.3 Å². The summed E-state index contributed by atoms with van der Waals surface area (Å²) in [5.41, 5.74) is 8.74. The number of benzene rings is 2. The van der Waals surface area contributed by atoms with Crippen molar-refractivity contribution in [2.75, 3.05) is 12.5 Å². The number of nitrogen functional groups attached to an aromatic ring is 1. The minimum absolute atomic E-state index is 0.144. The quantitative estimate of drug-likeness (QED) is 0.517. The minimum atomic E-state index is -1.01. The summed E-state index contributed by atoms with van der Waals surface area (Å²) in [6.45, 7) is 2.01. The summed E-state index contributed by atoms with van der Waals surface area (Å²) in [6, 6.07) is 10.7. The Balaban J connectivity index is 2.12. The molecule has 5 heteroatoms. The van der Waals surface area contributed by atoms with Crippen LogP contribution >= 0.6 is 0 Å². The number of hydrogen-bond acceptors (Lipinski definition) is 4. The highest BCUT2D eigenvalue weighted by Crippen LogP contribution is 2.37. The first-order chi connectivity index (χ1) is 10.6. The molecule has 0 spiro atoms. The number of carboxylic acids is 1. The van der Waals surface area contributed by atoms with Crippen LogP contribution in [0.2, 0.25) is 0 Å². The molecule has 1 heterocycles. The number of hydrogen-bond donors (Lipinski definition) is 2. The average Bonchev–Trinajstić information content (AvgIpc) is 2.92. The Labute approximate surface area is 127 Å². The number of anilines is 1. The second-order valence-corrected chi connectivity index (χ2v) is 5.01. The van der Waals surface area contributed by atoms with Gasteiger partial charge in [0.1, 0.15) is 0 Å². The van der Waals surface area contributed by atoms with E-state index in [4.69, 9.17) is 15.2 Å². The molecule has 22 heavy (non-hydrogen) atoms. The number of fused-ring (bicyclic) bond motifs is 1. The normalized spacial score (nSPS) is 13.2. The van der Waals surface area contributed by atoms with E-state index in [0.717, 1.165) is 5.56 Å². The van der Waals surface area contributed by atoms with Gasteiger partial charge in [-0.3, -0.25) is 0 Å². The van der Waals surface area contributed by atoms with E-state index in [1.807, 2.05) is 25.1 Å². The Morgan fingerprint density at radius 1 is 1.23 bits per heavy atom. The average molecular weight is 297 g/mol. The summed E-state index contributed by atoms with van der Waals surface area (Å²) in [4.78, 5) is 11.6. The number of nitrogens with two attached hydrogens (primary N) is 1. The van der Waals surface area contributed by atoms with Gasteiger partial charge in [-0.15, -0.1) is 0 Å². The lowest BCUT2D eigenvalue weighted by Crippen LogP contribution is -2.02. The van der Waals surface area contributed by atoms with Crippen molar-refractivity contribution in [2.45, 2.75) is 6.92 Å². The Morgan fingerprint density at radius 2 is 1.91 bits per heavy atom. The standard InChI is InChI=1S/C17H15NO4/c1-10-4-2-3-5-12(10)13(17(19)20)6-11-7-15-16(8-14(11)18)22-9-21-15/h2-8H,9,18H2,1H3,(H,19,20)/b13-6-. The summed E-state index contributed by atoms with van der Waals surface area (Å²) >= 11 is 0. The Morgan fingerprint density at radius 3 is 2.59 bits per heavy atom. The first-order valence-corrected chi connectivity index (χ1v) is 6.76. The van der Waals surface area contributed by atoms with Crippen molar-refractivity contribution in [1.82, 2.24) is 0 Å². The van der Waals surface area contributed by atoms with Crippen molar-refractivity contribution in [3.8, 4) is 11.5 Å². The first kappa shape index (κ1) is 14.0. The predicted octanol–water partition coefficient (Wildman–Crippen LogP) is 2.93. The molecule has 0 unspecified atom stereocenters. The summed E-state index contributed by atoms with van der Waals surface area (Å²) < 4.78 is 10.6. The molecule has 2 aromatic carbocycles. The van der Waals surface area contributed by atoms with Gasteiger partial charge in [-0.2, -0.15) is 0 Å². The van der Waals surface area contributed by atoms with E-state index < -0.39 is 5.97 Å². The summed E-state index contributed by atoms with van der Waals surface area (Å²) in [5, 5.41) is 9.53. The van der Waals surface area contributed by atoms with Gasteiger partial charge in [-0.25, -0.2) is 4.79 Å². The molecule has 0 saturated heterocycles. The van der Waals surface area contributed by atoms with Crippen molar-refractivity contribution < 1.29 is 19.4 Å². The van der Waals surface area contributed by atoms with Gasteiger partial charge in [0.25, 0.3) is 0 Å². The Hall–Kier alpha value is -2.95. The van der Waals surface area contributed by atoms with Crippen LogP contribution in [-0.2, 0) is 4.79 Å². The second-order valence-electron chi connectivity index (χ2n) is 5.01. The molecule has 5 nitrogen and oxygen atoms in total. The molecule has 1 aliphatic rings. The maximum Gasteiger partial charge on any atom is 0.336 e. The largest absolute Gasteiger partial charge is 0.478 e. The summed E-state index contributed by atoms with van der Waals surface area (Å²) in [7, 11) is 0. The van der Waals surface area contributed by atoms with Gasteiger partial charge in [0.2, 0.25) is 6.79 Å². The van der Waals surface area contributed by atoms with Gasteiger partial charge in [-0.05, 0) is 30.2 Å². The van der Waals surface area contributed by atoms with E-state index in [0.29, 0.717) is 28.3 Å². The van der Waals surface area contributed by atoms with Crippen molar-refractivity contribution in [3.05, 3.63) is 53.1 Å².